The summed E-state index contributed by atoms with van der Waals surface area (Å²) in [5, 5.41) is 16.2. The van der Waals surface area contributed by atoms with E-state index in [9.17, 15) is 9.59 Å². The molecule has 0 fully saturated rings. The molecule has 6 aromatic carbocycles. The maximum atomic E-state index is 12.7. The first-order valence-corrected chi connectivity index (χ1v) is 15.5. The summed E-state index contributed by atoms with van der Waals surface area (Å²) < 4.78 is 0. The molecular weight excluding hydrogens is 598 g/mol. The smallest absolute Gasteiger partial charge is 0.255 e. The molecule has 1 aliphatic heterocycles. The summed E-state index contributed by atoms with van der Waals surface area (Å²) in [4.78, 5) is 25.3. The molecule has 1 heterocycles. The highest BCUT2D eigenvalue weighted by molar-refractivity contribution is 6.05. The zero-order chi connectivity index (χ0) is 33.0. The van der Waals surface area contributed by atoms with Gasteiger partial charge in [-0.15, -0.1) is 0 Å². The Labute approximate surface area is 278 Å². The van der Waals surface area contributed by atoms with Crippen LogP contribution in [0.3, 0.4) is 0 Å². The molecule has 9 N–H and O–H groups in total. The zero-order valence-electron chi connectivity index (χ0n) is 25.9. The van der Waals surface area contributed by atoms with Crippen LogP contribution in [0.4, 0.5) is 56.9 Å². The first-order valence-electron chi connectivity index (χ1n) is 15.5. The number of amides is 2. The number of benzene rings is 6. The van der Waals surface area contributed by atoms with Crippen LogP contribution in [0, 0.1) is 0 Å². The van der Waals surface area contributed by atoms with Crippen LogP contribution < -0.4 is 38.1 Å². The van der Waals surface area contributed by atoms with Gasteiger partial charge in [0.1, 0.15) is 0 Å². The van der Waals surface area contributed by atoms with Gasteiger partial charge in [0.2, 0.25) is 0 Å². The topological polar surface area (TPSA) is 146 Å². The lowest BCUT2D eigenvalue weighted by Crippen LogP contribution is -2.11. The minimum Gasteiger partial charge on any atom is -0.399 e. The normalized spacial score (nSPS) is 11.3. The van der Waals surface area contributed by atoms with Crippen molar-refractivity contribution in [2.45, 2.75) is 6.42 Å². The molecule has 9 nitrogen and oxygen atoms in total. The molecule has 0 spiro atoms. The molecule has 0 atom stereocenters. The van der Waals surface area contributed by atoms with E-state index in [-0.39, 0.29) is 11.8 Å². The number of nitrogens with two attached hydrogens (primary N) is 2. The van der Waals surface area contributed by atoms with Gasteiger partial charge in [-0.1, -0.05) is 12.1 Å². The third-order valence-corrected chi connectivity index (χ3v) is 8.08. The summed E-state index contributed by atoms with van der Waals surface area (Å²) in [7, 11) is 0. The van der Waals surface area contributed by atoms with E-state index in [1.54, 1.807) is 72.8 Å². The third kappa shape index (κ3) is 6.90. The Balaban J connectivity index is 0.975. The van der Waals surface area contributed by atoms with Crippen molar-refractivity contribution in [3.63, 3.8) is 0 Å². The largest absolute Gasteiger partial charge is 0.399 e. The van der Waals surface area contributed by atoms with Crippen LogP contribution in [-0.4, -0.2) is 11.8 Å². The van der Waals surface area contributed by atoms with Crippen molar-refractivity contribution in [1.82, 2.24) is 0 Å². The van der Waals surface area contributed by atoms with Crippen LogP contribution in [0.25, 0.3) is 0 Å². The van der Waals surface area contributed by atoms with E-state index < -0.39 is 0 Å². The van der Waals surface area contributed by atoms with Gasteiger partial charge in [-0.05, 0) is 132 Å². The van der Waals surface area contributed by atoms with Crippen molar-refractivity contribution in [3.8, 4) is 0 Å². The number of nitrogens with one attached hydrogen (secondary N) is 5. The van der Waals surface area contributed by atoms with Crippen molar-refractivity contribution in [3.05, 3.63) is 156 Å². The number of rotatable bonds is 8. The molecule has 7 rings (SSSR count). The molecule has 6 aromatic rings. The summed E-state index contributed by atoms with van der Waals surface area (Å²) in [5.74, 6) is -0.377. The molecule has 0 saturated carbocycles. The highest BCUT2D eigenvalue weighted by Gasteiger charge is 2.16. The average Bonchev–Trinajstić information content (AvgIpc) is 3.10. The molecule has 1 aliphatic rings. The average molecular weight is 632 g/mol. The van der Waals surface area contributed by atoms with E-state index in [4.69, 9.17) is 11.5 Å². The molecule has 0 bridgehead atoms. The van der Waals surface area contributed by atoms with E-state index >= 15 is 0 Å². The standard InChI is InChI=1S/C39H33N7O2/c40-28-7-17-32(18-8-28)44-38(47)24-1-11-30(12-2-24)42-34-15-5-26-21-27-6-16-35(23-37(27)46-36(26)22-34)43-31-13-3-25(4-14-31)39(48)45-33-19-9-29(41)10-20-33/h1-20,22-23,42-43,46H,21,40-41H2,(H,44,47)(H,45,48). The highest BCUT2D eigenvalue weighted by atomic mass is 16.2. The summed E-state index contributed by atoms with van der Waals surface area (Å²) in [6, 6.07) is 41.4. The Morgan fingerprint density at radius 1 is 0.458 bits per heavy atom. The van der Waals surface area contributed by atoms with Crippen molar-refractivity contribution in [1.29, 1.82) is 0 Å². The van der Waals surface area contributed by atoms with Gasteiger partial charge >= 0.3 is 0 Å². The summed E-state index contributed by atoms with van der Waals surface area (Å²) >= 11 is 0. The highest BCUT2D eigenvalue weighted by Crippen LogP contribution is 2.37. The Bertz CT molecular complexity index is 1960. The summed E-state index contributed by atoms with van der Waals surface area (Å²) in [6.45, 7) is 0. The number of carbonyl (C=O) groups is 2. The zero-order valence-corrected chi connectivity index (χ0v) is 25.9. The molecule has 0 saturated heterocycles. The second kappa shape index (κ2) is 12.9. The van der Waals surface area contributed by atoms with Crippen molar-refractivity contribution in [2.75, 3.05) is 38.1 Å². The quantitative estimate of drug-likeness (QED) is 0.0833. The Hall–Kier alpha value is -6.74. The molecule has 0 radical (unpaired) electrons. The van der Waals surface area contributed by atoms with Gasteiger partial charge in [0, 0.05) is 74.4 Å². The monoisotopic (exact) mass is 631 g/mol. The number of hydrogen-bond donors (Lipinski definition) is 7. The minimum absolute atomic E-state index is 0.188. The van der Waals surface area contributed by atoms with Crippen LogP contribution >= 0.6 is 0 Å². The van der Waals surface area contributed by atoms with Crippen LogP contribution in [-0.2, 0) is 6.42 Å². The van der Waals surface area contributed by atoms with Crippen LogP contribution in [0.15, 0.2) is 133 Å². The van der Waals surface area contributed by atoms with Gasteiger partial charge in [-0.3, -0.25) is 9.59 Å². The summed E-state index contributed by atoms with van der Waals surface area (Å²) in [6.07, 6.45) is 0.813. The molecule has 236 valence electrons. The Morgan fingerprint density at radius 2 is 0.812 bits per heavy atom. The van der Waals surface area contributed by atoms with Crippen molar-refractivity contribution >= 4 is 68.7 Å². The third-order valence-electron chi connectivity index (χ3n) is 8.08. The van der Waals surface area contributed by atoms with Gasteiger partial charge in [0.05, 0.1) is 0 Å². The predicted molar refractivity (Wildman–Crippen MR) is 196 cm³/mol. The molecule has 0 unspecified atom stereocenters. The number of carbonyl (C=O) groups excluding carboxylic acids is 2. The van der Waals surface area contributed by atoms with E-state index in [1.165, 1.54) is 11.1 Å². The lowest BCUT2D eigenvalue weighted by atomic mass is 9.96. The van der Waals surface area contributed by atoms with E-state index in [1.807, 2.05) is 24.3 Å². The van der Waals surface area contributed by atoms with Crippen LogP contribution in [0.1, 0.15) is 31.8 Å². The second-order valence-corrected chi connectivity index (χ2v) is 11.6. The molecule has 0 aliphatic carbocycles. The first kappa shape index (κ1) is 29.9. The first-order chi connectivity index (χ1) is 23.3. The molecular formula is C39H33N7O2. The maximum Gasteiger partial charge on any atom is 0.255 e. The fourth-order valence-corrected chi connectivity index (χ4v) is 5.48. The summed E-state index contributed by atoms with van der Waals surface area (Å²) in [5.41, 5.74) is 23.3. The van der Waals surface area contributed by atoms with Gasteiger partial charge < -0.3 is 38.1 Å². The second-order valence-electron chi connectivity index (χ2n) is 11.6. The number of fused-ring (bicyclic) bond motifs is 2. The molecule has 2 amide bonds. The van der Waals surface area contributed by atoms with E-state index in [2.05, 4.69) is 63.0 Å². The Morgan fingerprint density at radius 3 is 1.21 bits per heavy atom. The van der Waals surface area contributed by atoms with E-state index in [0.717, 1.165) is 40.5 Å². The number of nitrogen functional groups attached to an aromatic ring is 2. The number of hydrogen-bond acceptors (Lipinski definition) is 7. The van der Waals surface area contributed by atoms with Crippen LogP contribution in [0.5, 0.6) is 0 Å². The van der Waals surface area contributed by atoms with Gasteiger partial charge in [-0.25, -0.2) is 0 Å². The molecule has 0 aromatic heterocycles. The number of anilines is 10. The molecule has 9 heteroatoms. The lowest BCUT2D eigenvalue weighted by Gasteiger charge is -2.23. The van der Waals surface area contributed by atoms with Gasteiger partial charge in [-0.2, -0.15) is 0 Å². The minimum atomic E-state index is -0.188. The lowest BCUT2D eigenvalue weighted by molar-refractivity contribution is 0.101. The SMILES string of the molecule is Nc1ccc(NC(=O)c2ccc(Nc3ccc4c(c3)Nc3cc(Nc5ccc(C(=O)Nc6ccc(N)cc6)cc5)ccc3C4)cc2)cc1. The van der Waals surface area contributed by atoms with Crippen molar-refractivity contribution < 1.29 is 9.59 Å². The maximum absolute atomic E-state index is 12.7. The fraction of sp³-hybridized carbons (Fsp3) is 0.0256. The van der Waals surface area contributed by atoms with Gasteiger partial charge in [0.25, 0.3) is 11.8 Å². The predicted octanol–water partition coefficient (Wildman–Crippen LogP) is 8.49. The Kier molecular flexibility index (Phi) is 8.07. The van der Waals surface area contributed by atoms with E-state index in [0.29, 0.717) is 33.9 Å². The molecule has 48 heavy (non-hydrogen) atoms. The van der Waals surface area contributed by atoms with Crippen LogP contribution in [0.2, 0.25) is 0 Å². The van der Waals surface area contributed by atoms with Gasteiger partial charge in [0.15, 0.2) is 0 Å². The van der Waals surface area contributed by atoms with Crippen molar-refractivity contribution in [2.24, 2.45) is 0 Å². The fourth-order valence-electron chi connectivity index (χ4n) is 5.48.